The van der Waals surface area contributed by atoms with Gasteiger partial charge < -0.3 is 14.2 Å². The van der Waals surface area contributed by atoms with Gasteiger partial charge >= 0.3 is 0 Å². The first-order chi connectivity index (χ1) is 14.6. The molecule has 0 radical (unpaired) electrons. The van der Waals surface area contributed by atoms with Crippen LogP contribution >= 0.6 is 15.9 Å². The molecule has 0 aliphatic carbocycles. The number of halogens is 1. The van der Waals surface area contributed by atoms with Gasteiger partial charge in [0.25, 0.3) is 5.91 Å². The van der Waals surface area contributed by atoms with E-state index >= 15 is 0 Å². The summed E-state index contributed by atoms with van der Waals surface area (Å²) in [7, 11) is 3.15. The third-order valence-corrected chi connectivity index (χ3v) is 4.80. The molecule has 3 aromatic rings. The standard InChI is InChI=1S/C23H21BrN2O4/c1-28-19-10-8-18(9-11-19)23(27)26-25-14-17-12-20(24)22(21(13-17)29-2)30-15-16-6-4-3-5-7-16/h3-14H,15H2,1-2H3,(H,26,27)/b25-14-. The van der Waals surface area contributed by atoms with E-state index in [1.165, 1.54) is 6.21 Å². The van der Waals surface area contributed by atoms with Crippen molar-refractivity contribution in [1.82, 2.24) is 5.43 Å². The van der Waals surface area contributed by atoms with E-state index in [1.807, 2.05) is 36.4 Å². The number of methoxy groups -OCH3 is 2. The van der Waals surface area contributed by atoms with Crippen LogP contribution in [0.3, 0.4) is 0 Å². The molecule has 1 amide bonds. The van der Waals surface area contributed by atoms with Gasteiger partial charge in [-0.1, -0.05) is 30.3 Å². The molecule has 0 aliphatic heterocycles. The number of hydrogen-bond acceptors (Lipinski definition) is 5. The van der Waals surface area contributed by atoms with Crippen LogP contribution in [-0.4, -0.2) is 26.3 Å². The molecule has 0 heterocycles. The van der Waals surface area contributed by atoms with Crippen molar-refractivity contribution >= 4 is 28.1 Å². The van der Waals surface area contributed by atoms with Crippen molar-refractivity contribution in [3.8, 4) is 17.2 Å². The Morgan fingerprint density at radius 3 is 2.43 bits per heavy atom. The fraction of sp³-hybridized carbons (Fsp3) is 0.130. The second kappa shape index (κ2) is 10.5. The van der Waals surface area contributed by atoms with Crippen molar-refractivity contribution in [2.24, 2.45) is 5.10 Å². The second-order valence-corrected chi connectivity index (χ2v) is 7.09. The Bertz CT molecular complexity index is 1020. The molecule has 0 saturated carbocycles. The fourth-order valence-corrected chi connectivity index (χ4v) is 3.23. The first-order valence-electron chi connectivity index (χ1n) is 9.12. The van der Waals surface area contributed by atoms with E-state index in [-0.39, 0.29) is 5.91 Å². The Hall–Kier alpha value is -3.32. The molecule has 0 aliphatic rings. The van der Waals surface area contributed by atoms with E-state index in [0.717, 1.165) is 15.6 Å². The highest BCUT2D eigenvalue weighted by Gasteiger charge is 2.12. The molecule has 154 valence electrons. The molecule has 6 nitrogen and oxygen atoms in total. The molecule has 3 rings (SSSR count). The normalized spacial score (nSPS) is 10.6. The highest BCUT2D eigenvalue weighted by molar-refractivity contribution is 9.10. The van der Waals surface area contributed by atoms with Crippen molar-refractivity contribution in [3.05, 3.63) is 87.9 Å². The van der Waals surface area contributed by atoms with Gasteiger partial charge in [-0.3, -0.25) is 4.79 Å². The van der Waals surface area contributed by atoms with Crippen LogP contribution in [-0.2, 0) is 6.61 Å². The summed E-state index contributed by atoms with van der Waals surface area (Å²) in [6, 6.07) is 20.3. The number of ether oxygens (including phenoxy) is 3. The Balaban J connectivity index is 1.66. The Labute approximate surface area is 183 Å². The topological polar surface area (TPSA) is 69.2 Å². The van der Waals surface area contributed by atoms with E-state index in [9.17, 15) is 4.79 Å². The summed E-state index contributed by atoms with van der Waals surface area (Å²) in [5.41, 5.74) is 4.78. The van der Waals surface area contributed by atoms with Crippen molar-refractivity contribution in [1.29, 1.82) is 0 Å². The average Bonchev–Trinajstić information content (AvgIpc) is 2.78. The molecule has 0 atom stereocenters. The van der Waals surface area contributed by atoms with Crippen LogP contribution in [0.15, 0.2) is 76.3 Å². The maximum atomic E-state index is 12.2. The van der Waals surface area contributed by atoms with E-state index in [1.54, 1.807) is 44.6 Å². The highest BCUT2D eigenvalue weighted by Crippen LogP contribution is 2.36. The summed E-state index contributed by atoms with van der Waals surface area (Å²) < 4.78 is 17.2. The maximum Gasteiger partial charge on any atom is 0.271 e. The van der Waals surface area contributed by atoms with E-state index in [0.29, 0.717) is 29.4 Å². The van der Waals surface area contributed by atoms with Crippen molar-refractivity contribution < 1.29 is 19.0 Å². The molecule has 0 fully saturated rings. The van der Waals surface area contributed by atoms with Crippen molar-refractivity contribution in [2.45, 2.75) is 6.61 Å². The lowest BCUT2D eigenvalue weighted by molar-refractivity contribution is 0.0955. The van der Waals surface area contributed by atoms with E-state index in [2.05, 4.69) is 26.5 Å². The van der Waals surface area contributed by atoms with Crippen molar-refractivity contribution in [3.63, 3.8) is 0 Å². The third-order valence-electron chi connectivity index (χ3n) is 4.21. The van der Waals surface area contributed by atoms with Gasteiger partial charge in [0, 0.05) is 5.56 Å². The van der Waals surface area contributed by atoms with Gasteiger partial charge in [0.1, 0.15) is 12.4 Å². The zero-order valence-electron chi connectivity index (χ0n) is 16.6. The predicted octanol–water partition coefficient (Wildman–Crippen LogP) is 4.81. The average molecular weight is 469 g/mol. The SMILES string of the molecule is COc1ccc(C(=O)N/N=C\c2cc(Br)c(OCc3ccccc3)c(OC)c2)cc1. The molecule has 1 N–H and O–H groups in total. The molecule has 0 unspecified atom stereocenters. The summed E-state index contributed by atoms with van der Waals surface area (Å²) in [5, 5.41) is 4.03. The summed E-state index contributed by atoms with van der Waals surface area (Å²) in [6.07, 6.45) is 1.54. The molecular formula is C23H21BrN2O4. The number of carbonyl (C=O) groups is 1. The van der Waals surface area contributed by atoms with E-state index < -0.39 is 0 Å². The number of nitrogens with zero attached hydrogens (tertiary/aromatic N) is 1. The Morgan fingerprint density at radius 2 is 1.77 bits per heavy atom. The third kappa shape index (κ3) is 5.61. The number of rotatable bonds is 8. The van der Waals surface area contributed by atoms with Crippen LogP contribution in [0.1, 0.15) is 21.5 Å². The largest absolute Gasteiger partial charge is 0.497 e. The molecule has 0 bridgehead atoms. The maximum absolute atomic E-state index is 12.2. The van der Waals surface area contributed by atoms with Gasteiger partial charge in [-0.15, -0.1) is 0 Å². The number of amides is 1. The summed E-state index contributed by atoms with van der Waals surface area (Å²) in [6.45, 7) is 0.418. The van der Waals surface area contributed by atoms with Crippen LogP contribution in [0.5, 0.6) is 17.2 Å². The molecule has 30 heavy (non-hydrogen) atoms. The zero-order valence-corrected chi connectivity index (χ0v) is 18.2. The summed E-state index contributed by atoms with van der Waals surface area (Å²) >= 11 is 3.52. The quantitative estimate of drug-likeness (QED) is 0.380. The first kappa shape index (κ1) is 21.4. The lowest BCUT2D eigenvalue weighted by atomic mass is 10.2. The van der Waals surface area contributed by atoms with Gasteiger partial charge in [0.2, 0.25) is 0 Å². The molecular weight excluding hydrogens is 448 g/mol. The van der Waals surface area contributed by atoms with Gasteiger partial charge in [0.15, 0.2) is 11.5 Å². The van der Waals surface area contributed by atoms with E-state index in [4.69, 9.17) is 14.2 Å². The minimum absolute atomic E-state index is 0.317. The number of benzene rings is 3. The predicted molar refractivity (Wildman–Crippen MR) is 120 cm³/mol. The molecule has 0 aromatic heterocycles. The molecule has 3 aromatic carbocycles. The zero-order chi connectivity index (χ0) is 21.3. The minimum atomic E-state index is -0.317. The number of hydrazone groups is 1. The smallest absolute Gasteiger partial charge is 0.271 e. The number of nitrogens with one attached hydrogen (secondary N) is 1. The van der Waals surface area contributed by atoms with Crippen molar-refractivity contribution in [2.75, 3.05) is 14.2 Å². The van der Waals surface area contributed by atoms with Crippen LogP contribution in [0.4, 0.5) is 0 Å². The monoisotopic (exact) mass is 468 g/mol. The van der Waals surface area contributed by atoms with Crippen LogP contribution < -0.4 is 19.6 Å². The van der Waals surface area contributed by atoms with Gasteiger partial charge in [-0.05, 0) is 63.5 Å². The van der Waals surface area contributed by atoms with Crippen LogP contribution in [0.25, 0.3) is 0 Å². The number of carbonyl (C=O) groups excluding carboxylic acids is 1. The van der Waals surface area contributed by atoms with Gasteiger partial charge in [-0.25, -0.2) is 5.43 Å². The summed E-state index contributed by atoms with van der Waals surface area (Å²) in [4.78, 5) is 12.2. The minimum Gasteiger partial charge on any atom is -0.497 e. The molecule has 0 saturated heterocycles. The fourth-order valence-electron chi connectivity index (χ4n) is 2.66. The highest BCUT2D eigenvalue weighted by atomic mass is 79.9. The van der Waals surface area contributed by atoms with Gasteiger partial charge in [-0.2, -0.15) is 5.10 Å². The Kier molecular flexibility index (Phi) is 7.45. The van der Waals surface area contributed by atoms with Crippen LogP contribution in [0.2, 0.25) is 0 Å². The Morgan fingerprint density at radius 1 is 1.03 bits per heavy atom. The molecule has 0 spiro atoms. The first-order valence-corrected chi connectivity index (χ1v) is 9.91. The number of hydrogen-bond donors (Lipinski definition) is 1. The summed E-state index contributed by atoms with van der Waals surface area (Å²) in [5.74, 6) is 1.52. The van der Waals surface area contributed by atoms with Crippen LogP contribution in [0, 0.1) is 0 Å². The van der Waals surface area contributed by atoms with Gasteiger partial charge in [0.05, 0.1) is 24.9 Å². The lowest BCUT2D eigenvalue weighted by Gasteiger charge is -2.13. The molecule has 7 heteroatoms. The second-order valence-electron chi connectivity index (χ2n) is 6.24. The lowest BCUT2D eigenvalue weighted by Crippen LogP contribution is -2.17.